The summed E-state index contributed by atoms with van der Waals surface area (Å²) in [7, 11) is -7.82. The maximum absolute atomic E-state index is 12.4. The summed E-state index contributed by atoms with van der Waals surface area (Å²) in [6.07, 6.45) is 0.879. The van der Waals surface area contributed by atoms with Crippen LogP contribution >= 0.6 is 0 Å². The summed E-state index contributed by atoms with van der Waals surface area (Å²) in [6, 6.07) is 7.42. The lowest BCUT2D eigenvalue weighted by molar-refractivity contribution is 0.583. The van der Waals surface area contributed by atoms with Gasteiger partial charge in [0.05, 0.1) is 4.90 Å². The van der Waals surface area contributed by atoms with Gasteiger partial charge in [0.2, 0.25) is 9.84 Å². The molecule has 0 aliphatic heterocycles. The number of nitrogens with zero attached hydrogens (tertiary/aromatic N) is 1. The molecule has 2 aromatic rings. The molecule has 3 N–H and O–H groups in total. The van der Waals surface area contributed by atoms with E-state index in [1.165, 1.54) is 24.3 Å². The Hall–Kier alpha value is -1.87. The number of aromatic amines is 1. The topological polar surface area (TPSA) is 123 Å². The van der Waals surface area contributed by atoms with Crippen LogP contribution in [0.2, 0.25) is 0 Å². The largest absolute Gasteiger partial charge is 0.381 e. The fourth-order valence-electron chi connectivity index (χ4n) is 1.56. The monoisotopic (exact) mass is 301 g/mol. The van der Waals surface area contributed by atoms with Gasteiger partial charge in [0.15, 0.2) is 25.6 Å². The number of nitrogens with two attached hydrogens (primary N) is 1. The normalized spacial score (nSPS) is 12.5. The van der Waals surface area contributed by atoms with Gasteiger partial charge in [-0.3, -0.25) is 5.10 Å². The highest BCUT2D eigenvalue weighted by Crippen LogP contribution is 2.29. The number of hydrogen-bond acceptors (Lipinski definition) is 6. The first kappa shape index (κ1) is 13.6. The van der Waals surface area contributed by atoms with Gasteiger partial charge in [0.1, 0.15) is 0 Å². The highest BCUT2D eigenvalue weighted by atomic mass is 32.2. The molecule has 0 saturated heterocycles. The molecule has 0 atom stereocenters. The van der Waals surface area contributed by atoms with E-state index < -0.39 is 29.6 Å². The Balaban J connectivity index is 2.77. The standard InChI is InChI=1S/C10H11N3O4S2/c1-18(14,15)10-8(9(11)12-13-10)19(16,17)7-5-3-2-4-6-7/h2-6H,1H3,(H3,11,12,13). The lowest BCUT2D eigenvalue weighted by Crippen LogP contribution is -2.09. The van der Waals surface area contributed by atoms with Gasteiger partial charge >= 0.3 is 0 Å². The second kappa shape index (κ2) is 4.35. The molecule has 0 aliphatic carbocycles. The first-order valence-corrected chi connectivity index (χ1v) is 8.46. The van der Waals surface area contributed by atoms with Gasteiger partial charge in [-0.05, 0) is 12.1 Å². The van der Waals surface area contributed by atoms with Crippen molar-refractivity contribution < 1.29 is 16.8 Å². The second-order valence-electron chi connectivity index (χ2n) is 3.86. The summed E-state index contributed by atoms with van der Waals surface area (Å²) >= 11 is 0. The van der Waals surface area contributed by atoms with E-state index in [1.807, 2.05) is 0 Å². The smallest absolute Gasteiger partial charge is 0.213 e. The predicted octanol–water partition coefficient (Wildman–Crippen LogP) is 0.228. The van der Waals surface area contributed by atoms with Gasteiger partial charge in [-0.1, -0.05) is 18.2 Å². The van der Waals surface area contributed by atoms with Crippen LogP contribution in [0.15, 0.2) is 45.1 Å². The van der Waals surface area contributed by atoms with E-state index in [-0.39, 0.29) is 10.7 Å². The average molecular weight is 301 g/mol. The highest BCUT2D eigenvalue weighted by molar-refractivity contribution is 7.94. The van der Waals surface area contributed by atoms with E-state index in [0.29, 0.717) is 0 Å². The number of H-pyrrole nitrogens is 1. The summed E-state index contributed by atoms with van der Waals surface area (Å²) in [4.78, 5) is -0.561. The molecule has 19 heavy (non-hydrogen) atoms. The van der Waals surface area contributed by atoms with Crippen molar-refractivity contribution in [2.45, 2.75) is 14.8 Å². The van der Waals surface area contributed by atoms with Crippen molar-refractivity contribution in [1.82, 2.24) is 10.2 Å². The van der Waals surface area contributed by atoms with E-state index in [9.17, 15) is 16.8 Å². The molecule has 1 aromatic carbocycles. The summed E-state index contributed by atoms with van der Waals surface area (Å²) in [5.41, 5.74) is 5.48. The molecule has 0 amide bonds. The molecular weight excluding hydrogens is 290 g/mol. The Morgan fingerprint density at radius 3 is 2.21 bits per heavy atom. The number of rotatable bonds is 3. The predicted molar refractivity (Wildman–Crippen MR) is 68.0 cm³/mol. The minimum atomic E-state index is -4.04. The van der Waals surface area contributed by atoms with Crippen molar-refractivity contribution in [3.8, 4) is 0 Å². The number of aromatic nitrogens is 2. The van der Waals surface area contributed by atoms with Gasteiger partial charge in [0, 0.05) is 6.26 Å². The lowest BCUT2D eigenvalue weighted by atomic mass is 10.4. The molecule has 0 fully saturated rings. The first-order valence-electron chi connectivity index (χ1n) is 5.08. The Morgan fingerprint density at radius 2 is 1.68 bits per heavy atom. The van der Waals surface area contributed by atoms with E-state index in [0.717, 1.165) is 6.26 Å². The zero-order chi connectivity index (χ0) is 14.3. The van der Waals surface area contributed by atoms with E-state index >= 15 is 0 Å². The number of anilines is 1. The van der Waals surface area contributed by atoms with Gasteiger partial charge < -0.3 is 5.73 Å². The Labute approximate surface area is 110 Å². The summed E-state index contributed by atoms with van der Waals surface area (Å²) in [6.45, 7) is 0. The lowest BCUT2D eigenvalue weighted by Gasteiger charge is -2.04. The molecule has 0 radical (unpaired) electrons. The quantitative estimate of drug-likeness (QED) is 0.836. The van der Waals surface area contributed by atoms with Crippen molar-refractivity contribution in [1.29, 1.82) is 0 Å². The molecule has 9 heteroatoms. The molecule has 1 aromatic heterocycles. The van der Waals surface area contributed by atoms with Crippen LogP contribution in [0.3, 0.4) is 0 Å². The van der Waals surface area contributed by atoms with Crippen molar-refractivity contribution in [3.63, 3.8) is 0 Å². The SMILES string of the molecule is CS(=O)(=O)c1[nH]nc(N)c1S(=O)(=O)c1ccccc1. The molecule has 1 heterocycles. The van der Waals surface area contributed by atoms with Crippen molar-refractivity contribution in [2.75, 3.05) is 12.0 Å². The number of hydrogen-bond donors (Lipinski definition) is 2. The maximum Gasteiger partial charge on any atom is 0.213 e. The molecule has 0 bridgehead atoms. The summed E-state index contributed by atoms with van der Waals surface area (Å²) in [5, 5.41) is 5.11. The Morgan fingerprint density at radius 1 is 1.11 bits per heavy atom. The fourth-order valence-corrected chi connectivity index (χ4v) is 4.36. The average Bonchev–Trinajstić information content (AvgIpc) is 2.73. The van der Waals surface area contributed by atoms with E-state index in [1.54, 1.807) is 6.07 Å². The van der Waals surface area contributed by atoms with Gasteiger partial charge in [0.25, 0.3) is 0 Å². The van der Waals surface area contributed by atoms with Crippen molar-refractivity contribution in [3.05, 3.63) is 30.3 Å². The van der Waals surface area contributed by atoms with Crippen LogP contribution in [0.25, 0.3) is 0 Å². The third kappa shape index (κ3) is 2.34. The summed E-state index contributed by atoms with van der Waals surface area (Å²) in [5.74, 6) is -0.371. The molecule has 0 saturated carbocycles. The molecule has 7 nitrogen and oxygen atoms in total. The van der Waals surface area contributed by atoms with Crippen molar-refractivity contribution in [2.24, 2.45) is 0 Å². The first-order chi connectivity index (χ1) is 8.74. The number of sulfone groups is 2. The fraction of sp³-hybridized carbons (Fsp3) is 0.100. The molecular formula is C10H11N3O4S2. The molecule has 0 spiro atoms. The van der Waals surface area contributed by atoms with Crippen LogP contribution in [-0.2, 0) is 19.7 Å². The molecule has 0 aliphatic rings. The zero-order valence-corrected chi connectivity index (χ0v) is 11.5. The van der Waals surface area contributed by atoms with Gasteiger partial charge in [-0.15, -0.1) is 0 Å². The second-order valence-corrected chi connectivity index (χ2v) is 7.69. The summed E-state index contributed by atoms with van der Waals surface area (Å²) < 4.78 is 47.9. The zero-order valence-electron chi connectivity index (χ0n) is 9.86. The van der Waals surface area contributed by atoms with E-state index in [2.05, 4.69) is 10.2 Å². The number of nitrogen functional groups attached to an aromatic ring is 1. The minimum absolute atomic E-state index is 0.0481. The van der Waals surface area contributed by atoms with Crippen LogP contribution in [0.4, 0.5) is 5.82 Å². The Kier molecular flexibility index (Phi) is 3.11. The van der Waals surface area contributed by atoms with Crippen LogP contribution in [0.1, 0.15) is 0 Å². The molecule has 2 rings (SSSR count). The van der Waals surface area contributed by atoms with Gasteiger partial charge in [-0.2, -0.15) is 5.10 Å². The number of benzene rings is 1. The maximum atomic E-state index is 12.4. The minimum Gasteiger partial charge on any atom is -0.381 e. The highest BCUT2D eigenvalue weighted by Gasteiger charge is 2.31. The number of nitrogens with one attached hydrogen (secondary N) is 1. The molecule has 102 valence electrons. The van der Waals surface area contributed by atoms with Crippen LogP contribution in [-0.4, -0.2) is 33.3 Å². The van der Waals surface area contributed by atoms with Crippen LogP contribution < -0.4 is 5.73 Å². The van der Waals surface area contributed by atoms with Gasteiger partial charge in [-0.25, -0.2) is 16.8 Å². The molecule has 0 unspecified atom stereocenters. The van der Waals surface area contributed by atoms with Crippen LogP contribution in [0.5, 0.6) is 0 Å². The Bertz CT molecular complexity index is 808. The third-order valence-electron chi connectivity index (χ3n) is 2.41. The third-order valence-corrected chi connectivity index (χ3v) is 5.42. The van der Waals surface area contributed by atoms with Crippen LogP contribution in [0, 0.1) is 0 Å². The van der Waals surface area contributed by atoms with Crippen molar-refractivity contribution >= 4 is 25.5 Å². The van der Waals surface area contributed by atoms with E-state index in [4.69, 9.17) is 5.73 Å².